The van der Waals surface area contributed by atoms with Crippen LogP contribution in [-0.2, 0) is 14.3 Å². The fourth-order valence-electron chi connectivity index (χ4n) is 1.45. The van der Waals surface area contributed by atoms with Crippen molar-refractivity contribution < 1.29 is 29.0 Å². The van der Waals surface area contributed by atoms with Crippen LogP contribution in [0.2, 0.25) is 0 Å². The van der Waals surface area contributed by atoms with Crippen molar-refractivity contribution in [2.75, 3.05) is 13.2 Å². The number of aliphatic carboxylic acids is 1. The monoisotopic (exact) mass is 280 g/mol. The Morgan fingerprint density at radius 3 is 2.30 bits per heavy atom. The maximum atomic E-state index is 11.6. The summed E-state index contributed by atoms with van der Waals surface area (Å²) in [5, 5.41) is 8.50. The van der Waals surface area contributed by atoms with E-state index in [-0.39, 0.29) is 25.2 Å². The van der Waals surface area contributed by atoms with E-state index in [4.69, 9.17) is 14.6 Å². The minimum absolute atomic E-state index is 0.0433. The standard InChI is InChI=1S/C14H16O6/c1-2-19-14(18)9-20-11-5-3-10(4-6-11)12(15)7-8-13(16)17/h3-6H,2,7-9H2,1H3,(H,16,17). The minimum atomic E-state index is -1.01. The highest BCUT2D eigenvalue weighted by molar-refractivity contribution is 5.97. The van der Waals surface area contributed by atoms with Gasteiger partial charge in [-0.15, -0.1) is 0 Å². The molecule has 1 aromatic carbocycles. The van der Waals surface area contributed by atoms with Crippen LogP contribution in [-0.4, -0.2) is 36.0 Å². The summed E-state index contributed by atoms with van der Waals surface area (Å²) in [6, 6.07) is 6.16. The number of ketones is 1. The first kappa shape index (κ1) is 15.7. The molecule has 0 aliphatic carbocycles. The van der Waals surface area contributed by atoms with Gasteiger partial charge >= 0.3 is 11.9 Å². The van der Waals surface area contributed by atoms with E-state index in [1.165, 1.54) is 12.1 Å². The number of carbonyl (C=O) groups excluding carboxylic acids is 2. The molecular weight excluding hydrogens is 264 g/mol. The number of carboxylic acid groups (broad SMARTS) is 1. The van der Waals surface area contributed by atoms with Gasteiger partial charge in [-0.1, -0.05) is 0 Å². The average molecular weight is 280 g/mol. The number of rotatable bonds is 8. The van der Waals surface area contributed by atoms with Crippen LogP contribution in [0, 0.1) is 0 Å². The zero-order valence-electron chi connectivity index (χ0n) is 11.1. The molecule has 0 saturated heterocycles. The van der Waals surface area contributed by atoms with E-state index < -0.39 is 11.9 Å². The molecule has 0 atom stereocenters. The largest absolute Gasteiger partial charge is 0.482 e. The van der Waals surface area contributed by atoms with Crippen LogP contribution in [0.4, 0.5) is 0 Å². The van der Waals surface area contributed by atoms with E-state index >= 15 is 0 Å². The number of carbonyl (C=O) groups is 3. The molecule has 0 spiro atoms. The molecule has 0 amide bonds. The summed E-state index contributed by atoms with van der Waals surface area (Å²) in [4.78, 5) is 33.1. The maximum Gasteiger partial charge on any atom is 0.344 e. The second kappa shape index (κ2) is 7.93. The number of ether oxygens (including phenoxy) is 2. The maximum absolute atomic E-state index is 11.6. The SMILES string of the molecule is CCOC(=O)COc1ccc(C(=O)CCC(=O)O)cc1. The summed E-state index contributed by atoms with van der Waals surface area (Å²) in [5.41, 5.74) is 0.412. The van der Waals surface area contributed by atoms with Gasteiger partial charge in [0.2, 0.25) is 0 Å². The van der Waals surface area contributed by atoms with Gasteiger partial charge in [0.05, 0.1) is 13.0 Å². The second-order valence-electron chi connectivity index (χ2n) is 3.93. The van der Waals surface area contributed by atoms with Gasteiger partial charge < -0.3 is 14.6 Å². The Morgan fingerprint density at radius 1 is 1.10 bits per heavy atom. The molecule has 0 radical (unpaired) electrons. The van der Waals surface area contributed by atoms with Crippen molar-refractivity contribution in [1.29, 1.82) is 0 Å². The van der Waals surface area contributed by atoms with Crippen LogP contribution in [0.3, 0.4) is 0 Å². The van der Waals surface area contributed by atoms with E-state index in [1.54, 1.807) is 19.1 Å². The molecule has 6 nitrogen and oxygen atoms in total. The summed E-state index contributed by atoms with van der Waals surface area (Å²) in [6.45, 7) is 1.80. The zero-order chi connectivity index (χ0) is 15.0. The predicted molar refractivity (Wildman–Crippen MR) is 69.8 cm³/mol. The lowest BCUT2D eigenvalue weighted by Crippen LogP contribution is -2.14. The molecule has 20 heavy (non-hydrogen) atoms. The fraction of sp³-hybridized carbons (Fsp3) is 0.357. The molecule has 1 rings (SSSR count). The molecule has 1 N–H and O–H groups in total. The van der Waals surface area contributed by atoms with E-state index in [0.29, 0.717) is 17.9 Å². The molecule has 0 aromatic heterocycles. The molecule has 0 bridgehead atoms. The van der Waals surface area contributed by atoms with Gasteiger partial charge in [-0.2, -0.15) is 0 Å². The van der Waals surface area contributed by atoms with E-state index in [9.17, 15) is 14.4 Å². The second-order valence-corrected chi connectivity index (χ2v) is 3.93. The molecule has 0 aliphatic rings. The highest BCUT2D eigenvalue weighted by Crippen LogP contribution is 2.14. The first-order valence-electron chi connectivity index (χ1n) is 6.16. The molecule has 108 valence electrons. The summed E-state index contributed by atoms with van der Waals surface area (Å²) in [5.74, 6) is -1.28. The van der Waals surface area contributed by atoms with Gasteiger partial charge in [0.15, 0.2) is 12.4 Å². The van der Waals surface area contributed by atoms with Crippen LogP contribution in [0.5, 0.6) is 5.75 Å². The van der Waals surface area contributed by atoms with E-state index in [1.807, 2.05) is 0 Å². The van der Waals surface area contributed by atoms with Crippen molar-refractivity contribution in [3.05, 3.63) is 29.8 Å². The Kier molecular flexibility index (Phi) is 6.22. The van der Waals surface area contributed by atoms with Gasteiger partial charge in [0, 0.05) is 12.0 Å². The van der Waals surface area contributed by atoms with Crippen molar-refractivity contribution in [2.45, 2.75) is 19.8 Å². The van der Waals surface area contributed by atoms with Gasteiger partial charge in [0.1, 0.15) is 5.75 Å². The number of Topliss-reactive ketones (excluding diaryl/α,β-unsaturated/α-hetero) is 1. The number of hydrogen-bond acceptors (Lipinski definition) is 5. The lowest BCUT2D eigenvalue weighted by Gasteiger charge is -2.06. The topological polar surface area (TPSA) is 89.9 Å². The van der Waals surface area contributed by atoms with Crippen molar-refractivity contribution in [2.24, 2.45) is 0 Å². The van der Waals surface area contributed by atoms with Crippen molar-refractivity contribution in [3.8, 4) is 5.75 Å². The lowest BCUT2D eigenvalue weighted by molar-refractivity contribution is -0.145. The van der Waals surface area contributed by atoms with Crippen molar-refractivity contribution in [1.82, 2.24) is 0 Å². The van der Waals surface area contributed by atoms with Crippen LogP contribution in [0.15, 0.2) is 24.3 Å². The van der Waals surface area contributed by atoms with Gasteiger partial charge in [0.25, 0.3) is 0 Å². The van der Waals surface area contributed by atoms with Crippen molar-refractivity contribution >= 4 is 17.7 Å². The van der Waals surface area contributed by atoms with E-state index in [0.717, 1.165) is 0 Å². The Labute approximate surface area is 116 Å². The normalized spacial score (nSPS) is 9.85. The molecule has 6 heteroatoms. The van der Waals surface area contributed by atoms with Gasteiger partial charge in [-0.3, -0.25) is 9.59 Å². The average Bonchev–Trinajstić information content (AvgIpc) is 2.43. The molecular formula is C14H16O6. The molecule has 0 heterocycles. The highest BCUT2D eigenvalue weighted by Gasteiger charge is 2.09. The third-order valence-electron chi connectivity index (χ3n) is 2.40. The minimum Gasteiger partial charge on any atom is -0.482 e. The highest BCUT2D eigenvalue weighted by atomic mass is 16.6. The summed E-state index contributed by atoms with van der Waals surface area (Å²) < 4.78 is 9.88. The quantitative estimate of drug-likeness (QED) is 0.575. The Balaban J connectivity index is 2.49. The Hall–Kier alpha value is -2.37. The van der Waals surface area contributed by atoms with E-state index in [2.05, 4.69) is 0 Å². The zero-order valence-corrected chi connectivity index (χ0v) is 11.1. The summed E-state index contributed by atoms with van der Waals surface area (Å²) >= 11 is 0. The molecule has 0 aliphatic heterocycles. The van der Waals surface area contributed by atoms with Gasteiger partial charge in [-0.05, 0) is 31.2 Å². The Morgan fingerprint density at radius 2 is 1.75 bits per heavy atom. The smallest absolute Gasteiger partial charge is 0.344 e. The molecule has 1 aromatic rings. The van der Waals surface area contributed by atoms with Crippen LogP contribution < -0.4 is 4.74 Å². The Bertz CT molecular complexity index is 477. The third-order valence-corrected chi connectivity index (χ3v) is 2.40. The molecule has 0 unspecified atom stereocenters. The predicted octanol–water partition coefficient (Wildman–Crippen LogP) is 1.68. The number of esters is 1. The van der Waals surface area contributed by atoms with Crippen LogP contribution in [0.1, 0.15) is 30.1 Å². The number of hydrogen-bond donors (Lipinski definition) is 1. The fourth-order valence-corrected chi connectivity index (χ4v) is 1.45. The third kappa shape index (κ3) is 5.51. The summed E-state index contributed by atoms with van der Waals surface area (Å²) in [6.07, 6.45) is -0.238. The van der Waals surface area contributed by atoms with Crippen LogP contribution in [0.25, 0.3) is 0 Å². The first-order valence-corrected chi connectivity index (χ1v) is 6.16. The van der Waals surface area contributed by atoms with Crippen LogP contribution >= 0.6 is 0 Å². The number of benzene rings is 1. The number of carboxylic acids is 1. The summed E-state index contributed by atoms with van der Waals surface area (Å²) in [7, 11) is 0. The van der Waals surface area contributed by atoms with Gasteiger partial charge in [-0.25, -0.2) is 4.79 Å². The molecule has 0 fully saturated rings. The first-order chi connectivity index (χ1) is 9.52. The molecule has 0 saturated carbocycles. The lowest BCUT2D eigenvalue weighted by atomic mass is 10.1. The van der Waals surface area contributed by atoms with Crippen molar-refractivity contribution in [3.63, 3.8) is 0 Å².